The average molecular weight is 307 g/mol. The van der Waals surface area contributed by atoms with E-state index in [2.05, 4.69) is 15.5 Å². The van der Waals surface area contributed by atoms with Gasteiger partial charge in [0.25, 0.3) is 0 Å². The second kappa shape index (κ2) is 8.60. The fourth-order valence-electron chi connectivity index (χ4n) is 2.53. The highest BCUT2D eigenvalue weighted by Gasteiger charge is 2.11. The SMILES string of the molecule is COc1ccc(CC(=O)NCCN2CCNCC2)cc1OC. The zero-order valence-electron chi connectivity index (χ0n) is 13.4. The van der Waals surface area contributed by atoms with Crippen molar-refractivity contribution in [1.29, 1.82) is 0 Å². The van der Waals surface area contributed by atoms with E-state index in [1.54, 1.807) is 14.2 Å². The molecular weight excluding hydrogens is 282 g/mol. The van der Waals surface area contributed by atoms with Gasteiger partial charge in [-0.3, -0.25) is 9.69 Å². The lowest BCUT2D eigenvalue weighted by molar-refractivity contribution is -0.120. The minimum Gasteiger partial charge on any atom is -0.493 e. The van der Waals surface area contributed by atoms with Crippen molar-refractivity contribution < 1.29 is 14.3 Å². The number of amides is 1. The molecule has 1 aliphatic heterocycles. The van der Waals surface area contributed by atoms with Crippen molar-refractivity contribution in [3.63, 3.8) is 0 Å². The van der Waals surface area contributed by atoms with Crippen LogP contribution in [-0.2, 0) is 11.2 Å². The van der Waals surface area contributed by atoms with E-state index < -0.39 is 0 Å². The number of hydrogen-bond acceptors (Lipinski definition) is 5. The van der Waals surface area contributed by atoms with Crippen LogP contribution in [0.1, 0.15) is 5.56 Å². The minimum atomic E-state index is 0.0300. The van der Waals surface area contributed by atoms with Crippen molar-refractivity contribution in [1.82, 2.24) is 15.5 Å². The summed E-state index contributed by atoms with van der Waals surface area (Å²) in [6.45, 7) is 5.74. The standard InChI is InChI=1S/C16H25N3O3/c1-21-14-4-3-13(11-15(14)22-2)12-16(20)18-7-10-19-8-5-17-6-9-19/h3-4,11,17H,5-10,12H2,1-2H3,(H,18,20). The van der Waals surface area contributed by atoms with Crippen molar-refractivity contribution >= 4 is 5.91 Å². The first-order valence-corrected chi connectivity index (χ1v) is 7.63. The number of ether oxygens (including phenoxy) is 2. The predicted molar refractivity (Wildman–Crippen MR) is 85.6 cm³/mol. The molecule has 2 N–H and O–H groups in total. The number of methoxy groups -OCH3 is 2. The highest BCUT2D eigenvalue weighted by atomic mass is 16.5. The summed E-state index contributed by atoms with van der Waals surface area (Å²) in [5.74, 6) is 1.35. The lowest BCUT2D eigenvalue weighted by Gasteiger charge is -2.27. The zero-order valence-corrected chi connectivity index (χ0v) is 13.4. The van der Waals surface area contributed by atoms with E-state index in [0.29, 0.717) is 24.5 Å². The van der Waals surface area contributed by atoms with Gasteiger partial charge in [0, 0.05) is 39.3 Å². The summed E-state index contributed by atoms with van der Waals surface area (Å²) in [4.78, 5) is 14.3. The van der Waals surface area contributed by atoms with E-state index in [0.717, 1.165) is 38.3 Å². The summed E-state index contributed by atoms with van der Waals surface area (Å²) in [5.41, 5.74) is 0.914. The van der Waals surface area contributed by atoms with Crippen LogP contribution < -0.4 is 20.1 Å². The molecule has 22 heavy (non-hydrogen) atoms. The van der Waals surface area contributed by atoms with E-state index in [9.17, 15) is 4.79 Å². The lowest BCUT2D eigenvalue weighted by Crippen LogP contribution is -2.46. The number of nitrogens with zero attached hydrogens (tertiary/aromatic N) is 1. The van der Waals surface area contributed by atoms with Crippen LogP contribution in [0.4, 0.5) is 0 Å². The molecule has 0 unspecified atom stereocenters. The molecule has 1 aromatic rings. The molecule has 1 fully saturated rings. The number of benzene rings is 1. The summed E-state index contributed by atoms with van der Waals surface area (Å²) >= 11 is 0. The smallest absolute Gasteiger partial charge is 0.224 e. The Bertz CT molecular complexity index is 488. The topological polar surface area (TPSA) is 62.8 Å². The Labute approximate surface area is 131 Å². The predicted octanol–water partition coefficient (Wildman–Crippen LogP) is 0.268. The van der Waals surface area contributed by atoms with Crippen LogP contribution in [-0.4, -0.2) is 64.3 Å². The van der Waals surface area contributed by atoms with Gasteiger partial charge in [0.2, 0.25) is 5.91 Å². The maximum atomic E-state index is 12.0. The van der Waals surface area contributed by atoms with E-state index in [1.807, 2.05) is 18.2 Å². The Morgan fingerprint density at radius 3 is 2.64 bits per heavy atom. The summed E-state index contributed by atoms with van der Waals surface area (Å²) in [6.07, 6.45) is 0.349. The van der Waals surface area contributed by atoms with Crippen LogP contribution in [0.15, 0.2) is 18.2 Å². The van der Waals surface area contributed by atoms with Crippen molar-refractivity contribution in [2.24, 2.45) is 0 Å². The minimum absolute atomic E-state index is 0.0300. The van der Waals surface area contributed by atoms with Crippen LogP contribution in [0.5, 0.6) is 11.5 Å². The molecule has 122 valence electrons. The molecule has 0 bridgehead atoms. The maximum absolute atomic E-state index is 12.0. The number of carbonyl (C=O) groups excluding carboxylic acids is 1. The monoisotopic (exact) mass is 307 g/mol. The van der Waals surface area contributed by atoms with Crippen molar-refractivity contribution in [3.05, 3.63) is 23.8 Å². The van der Waals surface area contributed by atoms with Crippen molar-refractivity contribution in [3.8, 4) is 11.5 Å². The van der Waals surface area contributed by atoms with Gasteiger partial charge in [-0.2, -0.15) is 0 Å². The molecule has 1 aliphatic rings. The molecule has 0 radical (unpaired) electrons. The number of carbonyl (C=O) groups is 1. The second-order valence-corrected chi connectivity index (χ2v) is 5.31. The fraction of sp³-hybridized carbons (Fsp3) is 0.562. The van der Waals surface area contributed by atoms with Crippen LogP contribution >= 0.6 is 0 Å². The van der Waals surface area contributed by atoms with Gasteiger partial charge in [-0.05, 0) is 17.7 Å². The number of piperazine rings is 1. The third-order valence-electron chi connectivity index (χ3n) is 3.77. The van der Waals surface area contributed by atoms with Gasteiger partial charge in [-0.25, -0.2) is 0 Å². The molecule has 0 aliphatic carbocycles. The first-order valence-electron chi connectivity index (χ1n) is 7.63. The number of rotatable bonds is 7. The largest absolute Gasteiger partial charge is 0.493 e. The van der Waals surface area contributed by atoms with Gasteiger partial charge in [0.15, 0.2) is 11.5 Å². The normalized spacial score (nSPS) is 15.4. The van der Waals surface area contributed by atoms with Gasteiger partial charge >= 0.3 is 0 Å². The summed E-state index contributed by atoms with van der Waals surface area (Å²) in [7, 11) is 3.19. The first-order chi connectivity index (χ1) is 10.7. The molecule has 0 spiro atoms. The van der Waals surface area contributed by atoms with E-state index in [-0.39, 0.29) is 5.91 Å². The molecule has 0 atom stereocenters. The summed E-state index contributed by atoms with van der Waals surface area (Å²) < 4.78 is 10.4. The van der Waals surface area contributed by atoms with E-state index in [4.69, 9.17) is 9.47 Å². The molecule has 0 aromatic heterocycles. The third kappa shape index (κ3) is 4.89. The van der Waals surface area contributed by atoms with Crippen LogP contribution in [0.2, 0.25) is 0 Å². The van der Waals surface area contributed by atoms with Crippen LogP contribution in [0.3, 0.4) is 0 Å². The summed E-state index contributed by atoms with van der Waals surface area (Å²) in [5, 5.41) is 6.29. The Balaban J connectivity index is 1.76. The van der Waals surface area contributed by atoms with Gasteiger partial charge in [-0.15, -0.1) is 0 Å². The summed E-state index contributed by atoms with van der Waals surface area (Å²) in [6, 6.07) is 5.55. The first kappa shape index (κ1) is 16.6. The highest BCUT2D eigenvalue weighted by Crippen LogP contribution is 2.27. The lowest BCUT2D eigenvalue weighted by atomic mass is 10.1. The Hall–Kier alpha value is -1.79. The van der Waals surface area contributed by atoms with Gasteiger partial charge in [0.05, 0.1) is 20.6 Å². The number of nitrogens with one attached hydrogen (secondary N) is 2. The maximum Gasteiger partial charge on any atom is 0.224 e. The fourth-order valence-corrected chi connectivity index (χ4v) is 2.53. The molecule has 1 saturated heterocycles. The molecule has 1 heterocycles. The molecule has 6 heteroatoms. The molecule has 1 aromatic carbocycles. The molecule has 0 saturated carbocycles. The molecular formula is C16H25N3O3. The van der Waals surface area contributed by atoms with Gasteiger partial charge in [0.1, 0.15) is 0 Å². The Morgan fingerprint density at radius 1 is 1.23 bits per heavy atom. The van der Waals surface area contributed by atoms with E-state index >= 15 is 0 Å². The second-order valence-electron chi connectivity index (χ2n) is 5.31. The molecule has 2 rings (SSSR count). The highest BCUT2D eigenvalue weighted by molar-refractivity contribution is 5.78. The quantitative estimate of drug-likeness (QED) is 0.757. The average Bonchev–Trinajstić information content (AvgIpc) is 2.55. The number of hydrogen-bond donors (Lipinski definition) is 2. The Morgan fingerprint density at radius 2 is 1.95 bits per heavy atom. The third-order valence-corrected chi connectivity index (χ3v) is 3.77. The molecule has 6 nitrogen and oxygen atoms in total. The Kier molecular flexibility index (Phi) is 6.48. The zero-order chi connectivity index (χ0) is 15.8. The van der Waals surface area contributed by atoms with Crippen molar-refractivity contribution in [2.45, 2.75) is 6.42 Å². The van der Waals surface area contributed by atoms with Crippen molar-refractivity contribution in [2.75, 3.05) is 53.5 Å². The van der Waals surface area contributed by atoms with Crippen LogP contribution in [0, 0.1) is 0 Å². The van der Waals surface area contributed by atoms with Gasteiger partial charge in [-0.1, -0.05) is 6.07 Å². The van der Waals surface area contributed by atoms with E-state index in [1.165, 1.54) is 0 Å². The van der Waals surface area contributed by atoms with Gasteiger partial charge < -0.3 is 20.1 Å². The molecule has 1 amide bonds. The van der Waals surface area contributed by atoms with Crippen LogP contribution in [0.25, 0.3) is 0 Å².